The van der Waals surface area contributed by atoms with Crippen LogP contribution in [0.5, 0.6) is 0 Å². The number of carbonyl (C=O) groups is 1. The highest BCUT2D eigenvalue weighted by Crippen LogP contribution is 2.27. The van der Waals surface area contributed by atoms with Crippen molar-refractivity contribution in [3.05, 3.63) is 41.2 Å². The largest absolute Gasteiger partial charge is 0.464 e. The van der Waals surface area contributed by atoms with Crippen molar-refractivity contribution in [3.63, 3.8) is 0 Å². The first-order chi connectivity index (χ1) is 8.61. The van der Waals surface area contributed by atoms with Crippen LogP contribution in [0.3, 0.4) is 0 Å². The Labute approximate surface area is 108 Å². The average Bonchev–Trinajstić information content (AvgIpc) is 2.86. The number of methoxy groups -OCH3 is 1. The molecule has 0 spiro atoms. The Morgan fingerprint density at radius 3 is 2.94 bits per heavy atom. The summed E-state index contributed by atoms with van der Waals surface area (Å²) in [5, 5.41) is 2.21. The first-order valence-electron chi connectivity index (χ1n) is 5.15. The third-order valence-electron chi connectivity index (χ3n) is 2.37. The molecule has 2 aromatic rings. The summed E-state index contributed by atoms with van der Waals surface area (Å²) in [6, 6.07) is 6.16. The fourth-order valence-electron chi connectivity index (χ4n) is 1.41. The van der Waals surface area contributed by atoms with Gasteiger partial charge in [0.1, 0.15) is 5.82 Å². The van der Waals surface area contributed by atoms with Crippen molar-refractivity contribution in [2.24, 2.45) is 0 Å². The smallest absolute Gasteiger partial charge is 0.357 e. The van der Waals surface area contributed by atoms with Crippen LogP contribution in [0.4, 0.5) is 15.2 Å². The normalized spacial score (nSPS) is 10.2. The molecule has 2 rings (SSSR count). The van der Waals surface area contributed by atoms with E-state index in [2.05, 4.69) is 9.72 Å². The highest BCUT2D eigenvalue weighted by atomic mass is 32.1. The maximum atomic E-state index is 13.1. The topological polar surface area (TPSA) is 42.4 Å². The lowest BCUT2D eigenvalue weighted by Gasteiger charge is -2.15. The number of nitrogens with zero attached hydrogens (tertiary/aromatic N) is 2. The van der Waals surface area contributed by atoms with Crippen molar-refractivity contribution in [3.8, 4) is 0 Å². The molecule has 0 fully saturated rings. The zero-order valence-electron chi connectivity index (χ0n) is 9.88. The molecular weight excluding hydrogens is 255 g/mol. The average molecular weight is 266 g/mol. The molecule has 0 unspecified atom stereocenters. The van der Waals surface area contributed by atoms with E-state index in [-0.39, 0.29) is 11.5 Å². The van der Waals surface area contributed by atoms with Gasteiger partial charge in [-0.05, 0) is 18.2 Å². The summed E-state index contributed by atoms with van der Waals surface area (Å²) in [7, 11) is 3.06. The molecule has 1 heterocycles. The van der Waals surface area contributed by atoms with E-state index in [0.717, 1.165) is 0 Å². The summed E-state index contributed by atoms with van der Waals surface area (Å²) in [6.45, 7) is 0. The molecule has 18 heavy (non-hydrogen) atoms. The Hall–Kier alpha value is -1.95. The Morgan fingerprint density at radius 2 is 2.28 bits per heavy atom. The van der Waals surface area contributed by atoms with Gasteiger partial charge in [-0.3, -0.25) is 0 Å². The Bertz CT molecular complexity index is 571. The van der Waals surface area contributed by atoms with Crippen LogP contribution in [0, 0.1) is 5.82 Å². The third kappa shape index (κ3) is 2.48. The molecular formula is C12H11FN2O2S. The van der Waals surface area contributed by atoms with Gasteiger partial charge in [-0.15, -0.1) is 11.3 Å². The van der Waals surface area contributed by atoms with Crippen molar-refractivity contribution in [1.82, 2.24) is 4.98 Å². The number of hydrogen-bond donors (Lipinski definition) is 0. The van der Waals surface area contributed by atoms with E-state index in [1.165, 1.54) is 30.6 Å². The zero-order valence-corrected chi connectivity index (χ0v) is 10.7. The number of carbonyl (C=O) groups excluding carboxylic acids is 1. The van der Waals surface area contributed by atoms with Gasteiger partial charge in [0.2, 0.25) is 0 Å². The monoisotopic (exact) mass is 266 g/mol. The molecule has 0 N–H and O–H groups in total. The highest BCUT2D eigenvalue weighted by molar-refractivity contribution is 7.14. The fraction of sp³-hybridized carbons (Fsp3) is 0.167. The molecule has 0 saturated heterocycles. The summed E-state index contributed by atoms with van der Waals surface area (Å²) in [5.74, 6) is -0.797. The van der Waals surface area contributed by atoms with E-state index in [4.69, 9.17) is 0 Å². The van der Waals surface area contributed by atoms with Crippen LogP contribution in [0.25, 0.3) is 0 Å². The molecule has 0 radical (unpaired) electrons. The maximum absolute atomic E-state index is 13.1. The van der Waals surface area contributed by atoms with E-state index in [9.17, 15) is 9.18 Å². The molecule has 0 amide bonds. The number of aromatic nitrogens is 1. The van der Waals surface area contributed by atoms with E-state index in [1.807, 2.05) is 0 Å². The van der Waals surface area contributed by atoms with E-state index >= 15 is 0 Å². The van der Waals surface area contributed by atoms with Crippen LogP contribution in [0.15, 0.2) is 29.6 Å². The molecule has 1 aromatic carbocycles. The van der Waals surface area contributed by atoms with E-state index in [0.29, 0.717) is 10.8 Å². The molecule has 4 nitrogen and oxygen atoms in total. The van der Waals surface area contributed by atoms with Gasteiger partial charge < -0.3 is 9.64 Å². The van der Waals surface area contributed by atoms with Gasteiger partial charge in [-0.1, -0.05) is 6.07 Å². The Kier molecular flexibility index (Phi) is 3.57. The van der Waals surface area contributed by atoms with E-state index in [1.54, 1.807) is 29.5 Å². The second kappa shape index (κ2) is 5.14. The van der Waals surface area contributed by atoms with Crippen molar-refractivity contribution in [1.29, 1.82) is 0 Å². The minimum atomic E-state index is -0.481. The minimum absolute atomic E-state index is 0.251. The van der Waals surface area contributed by atoms with Crippen LogP contribution in [0.2, 0.25) is 0 Å². The van der Waals surface area contributed by atoms with Gasteiger partial charge in [0.05, 0.1) is 7.11 Å². The Balaban J connectivity index is 2.26. The maximum Gasteiger partial charge on any atom is 0.357 e. The molecule has 0 aliphatic rings. The first-order valence-corrected chi connectivity index (χ1v) is 6.03. The molecule has 0 aliphatic carbocycles. The van der Waals surface area contributed by atoms with Gasteiger partial charge in [-0.2, -0.15) is 0 Å². The minimum Gasteiger partial charge on any atom is -0.464 e. The molecule has 0 atom stereocenters. The zero-order chi connectivity index (χ0) is 13.1. The van der Waals surface area contributed by atoms with Gasteiger partial charge in [-0.25, -0.2) is 14.2 Å². The summed E-state index contributed by atoms with van der Waals surface area (Å²) in [5.41, 5.74) is 0.918. The lowest BCUT2D eigenvalue weighted by atomic mass is 10.3. The number of benzene rings is 1. The van der Waals surface area contributed by atoms with Gasteiger partial charge >= 0.3 is 5.97 Å². The summed E-state index contributed by atoms with van der Waals surface area (Å²) in [4.78, 5) is 17.1. The summed E-state index contributed by atoms with van der Waals surface area (Å²) < 4.78 is 17.7. The van der Waals surface area contributed by atoms with Crippen LogP contribution in [-0.4, -0.2) is 25.1 Å². The van der Waals surface area contributed by atoms with Crippen LogP contribution >= 0.6 is 11.3 Å². The molecule has 0 bridgehead atoms. The quantitative estimate of drug-likeness (QED) is 0.801. The second-order valence-corrected chi connectivity index (χ2v) is 4.38. The number of esters is 1. The second-order valence-electron chi connectivity index (χ2n) is 3.55. The fourth-order valence-corrected chi connectivity index (χ4v) is 2.19. The molecule has 94 valence electrons. The Morgan fingerprint density at radius 1 is 1.50 bits per heavy atom. The van der Waals surface area contributed by atoms with Gasteiger partial charge in [0.15, 0.2) is 10.8 Å². The number of anilines is 2. The lowest BCUT2D eigenvalue weighted by Crippen LogP contribution is -2.10. The van der Waals surface area contributed by atoms with Crippen molar-refractivity contribution in [2.45, 2.75) is 0 Å². The van der Waals surface area contributed by atoms with Crippen molar-refractivity contribution < 1.29 is 13.9 Å². The summed E-state index contributed by atoms with van der Waals surface area (Å²) >= 11 is 1.29. The third-order valence-corrected chi connectivity index (χ3v) is 3.29. The predicted molar refractivity (Wildman–Crippen MR) is 67.9 cm³/mol. The number of ether oxygens (including phenoxy) is 1. The molecule has 1 aromatic heterocycles. The molecule has 0 saturated carbocycles. The first kappa shape index (κ1) is 12.5. The number of hydrogen-bond acceptors (Lipinski definition) is 5. The molecule has 6 heteroatoms. The summed E-state index contributed by atoms with van der Waals surface area (Å²) in [6.07, 6.45) is 0. The standard InChI is InChI=1S/C12H11FN2O2S/c1-15(9-5-3-4-8(13)6-9)12-14-10(7-18-12)11(16)17-2/h3-7H,1-2H3. The van der Waals surface area contributed by atoms with Gasteiger partial charge in [0.25, 0.3) is 0 Å². The predicted octanol–water partition coefficient (Wildman–Crippen LogP) is 2.84. The SMILES string of the molecule is COC(=O)c1csc(N(C)c2cccc(F)c2)n1. The van der Waals surface area contributed by atoms with Crippen molar-refractivity contribution >= 4 is 28.1 Å². The van der Waals surface area contributed by atoms with Crippen LogP contribution in [0.1, 0.15) is 10.5 Å². The van der Waals surface area contributed by atoms with Crippen LogP contribution in [-0.2, 0) is 4.74 Å². The number of halogens is 1. The molecule has 0 aliphatic heterocycles. The van der Waals surface area contributed by atoms with E-state index < -0.39 is 5.97 Å². The van der Waals surface area contributed by atoms with Gasteiger partial charge in [0, 0.05) is 18.1 Å². The van der Waals surface area contributed by atoms with Crippen molar-refractivity contribution in [2.75, 3.05) is 19.1 Å². The highest BCUT2D eigenvalue weighted by Gasteiger charge is 2.14. The van der Waals surface area contributed by atoms with Crippen LogP contribution < -0.4 is 4.90 Å². The lowest BCUT2D eigenvalue weighted by molar-refractivity contribution is 0.0595. The number of rotatable bonds is 3. The number of thiazole rings is 1.